The van der Waals surface area contributed by atoms with E-state index >= 15 is 0 Å². The molecule has 2 aromatic carbocycles. The second-order valence-corrected chi connectivity index (χ2v) is 6.60. The molecule has 0 unspecified atom stereocenters. The minimum Gasteiger partial charge on any atom is -0.508 e. The molecule has 0 radical (unpaired) electrons. The lowest BCUT2D eigenvalue weighted by Crippen LogP contribution is -2.41. The Kier molecular flexibility index (Phi) is 7.10. The van der Waals surface area contributed by atoms with E-state index in [2.05, 4.69) is 38.1 Å². The number of phenolic OH excluding ortho intramolecular Hbond substituents is 1. The minimum absolute atomic E-state index is 0.141. The Morgan fingerprint density at radius 2 is 1.79 bits per heavy atom. The first-order valence-electron chi connectivity index (χ1n) is 9.81. The number of amides is 1. The van der Waals surface area contributed by atoms with Gasteiger partial charge in [-0.15, -0.1) is 0 Å². The molecule has 5 N–H and O–H groups in total. The average molecular weight is 393 g/mol. The molecule has 0 saturated carbocycles. The highest BCUT2D eigenvalue weighted by atomic mass is 16.3. The summed E-state index contributed by atoms with van der Waals surface area (Å²) in [6.07, 6.45) is 2.89. The maximum absolute atomic E-state index is 12.1. The lowest BCUT2D eigenvalue weighted by molar-refractivity contribution is 0.0954. The number of aromatic nitrogens is 1. The van der Waals surface area contributed by atoms with Gasteiger partial charge in [-0.25, -0.2) is 0 Å². The van der Waals surface area contributed by atoms with Crippen molar-refractivity contribution in [2.75, 3.05) is 26.2 Å². The van der Waals surface area contributed by atoms with Crippen molar-refractivity contribution < 1.29 is 9.90 Å². The van der Waals surface area contributed by atoms with E-state index < -0.39 is 0 Å². The van der Waals surface area contributed by atoms with Crippen LogP contribution >= 0.6 is 0 Å². The number of nitrogens with zero attached hydrogens (tertiary/aromatic N) is 1. The van der Waals surface area contributed by atoms with Crippen LogP contribution in [0.1, 0.15) is 22.8 Å². The zero-order chi connectivity index (χ0) is 20.5. The Morgan fingerprint density at radius 1 is 1.03 bits per heavy atom. The van der Waals surface area contributed by atoms with Crippen LogP contribution in [0.25, 0.3) is 10.9 Å². The average Bonchev–Trinajstić information content (AvgIpc) is 3.14. The van der Waals surface area contributed by atoms with Gasteiger partial charge in [0.15, 0.2) is 5.96 Å². The van der Waals surface area contributed by atoms with Crippen molar-refractivity contribution in [3.63, 3.8) is 0 Å². The van der Waals surface area contributed by atoms with Crippen LogP contribution in [0.15, 0.2) is 59.7 Å². The summed E-state index contributed by atoms with van der Waals surface area (Å²) in [5, 5.41) is 19.8. The van der Waals surface area contributed by atoms with E-state index in [0.29, 0.717) is 25.2 Å². The number of phenols is 1. The molecule has 0 aliphatic rings. The molecule has 0 atom stereocenters. The van der Waals surface area contributed by atoms with Gasteiger partial charge in [-0.2, -0.15) is 0 Å². The molecule has 0 saturated heterocycles. The van der Waals surface area contributed by atoms with Gasteiger partial charge >= 0.3 is 0 Å². The fourth-order valence-corrected chi connectivity index (χ4v) is 3.04. The molecule has 3 aromatic rings. The Morgan fingerprint density at radius 3 is 2.59 bits per heavy atom. The maximum Gasteiger partial charge on any atom is 0.251 e. The fraction of sp³-hybridized carbons (Fsp3) is 0.273. The number of hydrogen-bond acceptors (Lipinski definition) is 3. The maximum atomic E-state index is 12.1. The largest absolute Gasteiger partial charge is 0.508 e. The molecule has 1 heterocycles. The molecule has 7 nitrogen and oxygen atoms in total. The normalized spacial score (nSPS) is 11.4. The summed E-state index contributed by atoms with van der Waals surface area (Å²) in [7, 11) is 0. The van der Waals surface area contributed by atoms with Crippen LogP contribution in [0.4, 0.5) is 0 Å². The number of aliphatic imine (C=N–C) groups is 1. The number of para-hydroxylation sites is 1. The number of hydrogen-bond donors (Lipinski definition) is 5. The van der Waals surface area contributed by atoms with Crippen LogP contribution in [-0.2, 0) is 6.42 Å². The third-order valence-corrected chi connectivity index (χ3v) is 4.50. The summed E-state index contributed by atoms with van der Waals surface area (Å²) >= 11 is 0. The van der Waals surface area contributed by atoms with Gasteiger partial charge in [0.05, 0.1) is 0 Å². The zero-order valence-electron chi connectivity index (χ0n) is 16.5. The first-order valence-corrected chi connectivity index (χ1v) is 9.81. The van der Waals surface area contributed by atoms with E-state index in [1.165, 1.54) is 23.1 Å². The van der Waals surface area contributed by atoms with Gasteiger partial charge in [-0.05, 0) is 49.2 Å². The van der Waals surface area contributed by atoms with Gasteiger partial charge in [0.25, 0.3) is 5.91 Å². The van der Waals surface area contributed by atoms with Crippen molar-refractivity contribution in [2.45, 2.75) is 13.3 Å². The quantitative estimate of drug-likeness (QED) is 0.230. The lowest BCUT2D eigenvalue weighted by Gasteiger charge is -2.12. The standard InChI is InChI=1S/C22H27N5O2/c1-2-23-22(25-12-11-17-15-27-20-6-4-3-5-19(17)20)26-14-13-24-21(29)16-7-9-18(28)10-8-16/h3-10,15,27-28H,2,11-14H2,1H3,(H,24,29)(H2,23,25,26). The van der Waals surface area contributed by atoms with Crippen molar-refractivity contribution in [1.29, 1.82) is 0 Å². The molecule has 0 aliphatic carbocycles. The van der Waals surface area contributed by atoms with Gasteiger partial charge in [0.1, 0.15) is 5.75 Å². The number of rotatable bonds is 8. The van der Waals surface area contributed by atoms with Gasteiger partial charge in [-0.1, -0.05) is 18.2 Å². The molecule has 152 valence electrons. The van der Waals surface area contributed by atoms with Crippen molar-refractivity contribution >= 4 is 22.8 Å². The second-order valence-electron chi connectivity index (χ2n) is 6.60. The van der Waals surface area contributed by atoms with Gasteiger partial charge in [0, 0.05) is 48.8 Å². The monoisotopic (exact) mass is 393 g/mol. The molecule has 0 bridgehead atoms. The predicted octanol–water partition coefficient (Wildman–Crippen LogP) is 2.40. The first kappa shape index (κ1) is 20.3. The molecule has 0 fully saturated rings. The summed E-state index contributed by atoms with van der Waals surface area (Å²) in [6, 6.07) is 14.4. The number of aromatic hydroxyl groups is 1. The number of benzene rings is 2. The molecule has 7 heteroatoms. The summed E-state index contributed by atoms with van der Waals surface area (Å²) in [5.41, 5.74) is 2.91. The Hall–Kier alpha value is -3.48. The van der Waals surface area contributed by atoms with Crippen molar-refractivity contribution in [3.05, 3.63) is 65.9 Å². The van der Waals surface area contributed by atoms with Crippen LogP contribution in [-0.4, -0.2) is 48.1 Å². The first-order chi connectivity index (χ1) is 14.2. The van der Waals surface area contributed by atoms with E-state index in [9.17, 15) is 9.90 Å². The van der Waals surface area contributed by atoms with E-state index in [0.717, 1.165) is 24.4 Å². The van der Waals surface area contributed by atoms with Gasteiger partial charge < -0.3 is 26.0 Å². The Labute approximate surface area is 170 Å². The molecule has 1 amide bonds. The summed E-state index contributed by atoms with van der Waals surface area (Å²) in [5.74, 6) is 0.696. The topological polar surface area (TPSA) is 102 Å². The van der Waals surface area contributed by atoms with Gasteiger partial charge in [-0.3, -0.25) is 9.79 Å². The number of H-pyrrole nitrogens is 1. The lowest BCUT2D eigenvalue weighted by atomic mass is 10.1. The van der Waals surface area contributed by atoms with Crippen LogP contribution in [0.3, 0.4) is 0 Å². The van der Waals surface area contributed by atoms with Crippen molar-refractivity contribution in [3.8, 4) is 5.75 Å². The molecule has 1 aromatic heterocycles. The number of fused-ring (bicyclic) bond motifs is 1. The smallest absolute Gasteiger partial charge is 0.251 e. The zero-order valence-corrected chi connectivity index (χ0v) is 16.5. The molecule has 0 spiro atoms. The van der Waals surface area contributed by atoms with Crippen LogP contribution in [0.5, 0.6) is 5.75 Å². The second kappa shape index (κ2) is 10.2. The Bertz CT molecular complexity index is 963. The van der Waals surface area contributed by atoms with E-state index in [1.807, 2.05) is 25.3 Å². The number of nitrogens with one attached hydrogen (secondary N) is 4. The third-order valence-electron chi connectivity index (χ3n) is 4.50. The predicted molar refractivity (Wildman–Crippen MR) is 116 cm³/mol. The highest BCUT2D eigenvalue weighted by Gasteiger charge is 2.05. The van der Waals surface area contributed by atoms with E-state index in [-0.39, 0.29) is 11.7 Å². The number of carbonyl (C=O) groups excluding carboxylic acids is 1. The van der Waals surface area contributed by atoms with Crippen LogP contribution < -0.4 is 16.0 Å². The highest BCUT2D eigenvalue weighted by Crippen LogP contribution is 2.17. The van der Waals surface area contributed by atoms with Crippen LogP contribution in [0, 0.1) is 0 Å². The number of carbonyl (C=O) groups is 1. The summed E-state index contributed by atoms with van der Waals surface area (Å²) in [4.78, 5) is 20.0. The molecule has 0 aliphatic heterocycles. The fourth-order valence-electron chi connectivity index (χ4n) is 3.04. The molecule has 3 rings (SSSR count). The summed E-state index contributed by atoms with van der Waals surface area (Å²) in [6.45, 7) is 4.47. The molecule has 29 heavy (non-hydrogen) atoms. The number of guanidine groups is 1. The number of aromatic amines is 1. The summed E-state index contributed by atoms with van der Waals surface area (Å²) < 4.78 is 0. The Balaban J connectivity index is 1.45. The molecular weight excluding hydrogens is 366 g/mol. The van der Waals surface area contributed by atoms with Gasteiger partial charge in [0.2, 0.25) is 0 Å². The molecular formula is C22H27N5O2. The SMILES string of the molecule is CCNC(=NCCc1c[nH]c2ccccc12)NCCNC(=O)c1ccc(O)cc1. The third kappa shape index (κ3) is 5.75. The minimum atomic E-state index is -0.173. The highest BCUT2D eigenvalue weighted by molar-refractivity contribution is 5.94. The van der Waals surface area contributed by atoms with E-state index in [4.69, 9.17) is 0 Å². The van der Waals surface area contributed by atoms with E-state index in [1.54, 1.807) is 12.1 Å². The van der Waals surface area contributed by atoms with Crippen molar-refractivity contribution in [2.24, 2.45) is 4.99 Å². The van der Waals surface area contributed by atoms with Crippen molar-refractivity contribution in [1.82, 2.24) is 20.9 Å². The van der Waals surface area contributed by atoms with Crippen LogP contribution in [0.2, 0.25) is 0 Å².